The number of hydrogen-bond acceptors (Lipinski definition) is 6. The molecule has 1 atom stereocenters. The molecule has 352 valence electrons. The zero-order valence-electron chi connectivity index (χ0n) is 40.2. The van der Waals surface area contributed by atoms with Crippen LogP contribution in [-0.2, 0) is 28.6 Å². The predicted octanol–water partition coefficient (Wildman–Crippen LogP) is 17.2. The molecule has 0 saturated carbocycles. The van der Waals surface area contributed by atoms with Crippen LogP contribution in [0, 0.1) is 0 Å². The highest BCUT2D eigenvalue weighted by Gasteiger charge is 2.19. The van der Waals surface area contributed by atoms with Crippen LogP contribution in [0.5, 0.6) is 0 Å². The maximum absolute atomic E-state index is 12.8. The molecule has 0 rings (SSSR count). The largest absolute Gasteiger partial charge is 0.462 e. The van der Waals surface area contributed by atoms with E-state index in [1.807, 2.05) is 0 Å². The van der Waals surface area contributed by atoms with Crippen LogP contribution in [0.15, 0.2) is 24.3 Å². The summed E-state index contributed by atoms with van der Waals surface area (Å²) in [6, 6.07) is 0. The first-order valence-electron chi connectivity index (χ1n) is 26.3. The summed E-state index contributed by atoms with van der Waals surface area (Å²) in [6.07, 6.45) is 55.8. The lowest BCUT2D eigenvalue weighted by atomic mass is 10.0. The second kappa shape index (κ2) is 49.5. The second-order valence-corrected chi connectivity index (χ2v) is 17.8. The smallest absolute Gasteiger partial charge is 0.306 e. The standard InChI is InChI=1S/C54H100O6/c1-4-7-10-13-16-19-22-25-26-27-28-30-32-35-38-41-44-47-53(56)59-50-51(49-58-52(55)46-43-40-37-34-31-24-21-18-15-12-9-6-3)60-54(57)48-45-42-39-36-33-29-23-20-17-14-11-8-5-2/h20,23,25-26,51H,4-19,21-22,24,27-50H2,1-3H3/b23-20-,26-25-/t51-/m1/s1. The van der Waals surface area contributed by atoms with Crippen molar-refractivity contribution in [3.8, 4) is 0 Å². The second-order valence-electron chi connectivity index (χ2n) is 17.8. The normalized spacial score (nSPS) is 12.1. The number of allylic oxidation sites excluding steroid dienone is 4. The molecule has 0 radical (unpaired) electrons. The van der Waals surface area contributed by atoms with Gasteiger partial charge in [-0.1, -0.05) is 218 Å². The van der Waals surface area contributed by atoms with Gasteiger partial charge in [0.2, 0.25) is 0 Å². The highest BCUT2D eigenvalue weighted by molar-refractivity contribution is 5.71. The van der Waals surface area contributed by atoms with Gasteiger partial charge in [-0.05, 0) is 70.6 Å². The molecule has 0 aromatic carbocycles. The number of rotatable bonds is 48. The molecular formula is C54H100O6. The number of esters is 3. The minimum absolute atomic E-state index is 0.0723. The SMILES string of the molecule is CCCCCC/C=C\CCCCCCCC(=O)O[C@@H](COC(=O)CCCCCCCCC/C=C\CCCCCCCC)COC(=O)CCCCCCCCCCCCCC. The summed E-state index contributed by atoms with van der Waals surface area (Å²) < 4.78 is 16.8. The van der Waals surface area contributed by atoms with Gasteiger partial charge in [-0.3, -0.25) is 14.4 Å². The fraction of sp³-hybridized carbons (Fsp3) is 0.870. The number of hydrogen-bond donors (Lipinski definition) is 0. The highest BCUT2D eigenvalue weighted by atomic mass is 16.6. The van der Waals surface area contributed by atoms with Crippen LogP contribution >= 0.6 is 0 Å². The minimum atomic E-state index is -0.772. The first kappa shape index (κ1) is 57.9. The van der Waals surface area contributed by atoms with Crippen LogP contribution in [0.25, 0.3) is 0 Å². The van der Waals surface area contributed by atoms with E-state index in [9.17, 15) is 14.4 Å². The third-order valence-electron chi connectivity index (χ3n) is 11.7. The third-order valence-corrected chi connectivity index (χ3v) is 11.7. The Morgan fingerprint density at radius 1 is 0.317 bits per heavy atom. The molecule has 0 saturated heterocycles. The molecule has 0 bridgehead atoms. The average molecular weight is 845 g/mol. The maximum Gasteiger partial charge on any atom is 0.306 e. The molecule has 0 heterocycles. The van der Waals surface area contributed by atoms with E-state index in [4.69, 9.17) is 14.2 Å². The minimum Gasteiger partial charge on any atom is -0.462 e. The summed E-state index contributed by atoms with van der Waals surface area (Å²) >= 11 is 0. The van der Waals surface area contributed by atoms with Crippen molar-refractivity contribution < 1.29 is 28.6 Å². The Morgan fingerprint density at radius 2 is 0.550 bits per heavy atom. The lowest BCUT2D eigenvalue weighted by Gasteiger charge is -2.18. The van der Waals surface area contributed by atoms with Gasteiger partial charge in [0.25, 0.3) is 0 Å². The highest BCUT2D eigenvalue weighted by Crippen LogP contribution is 2.15. The topological polar surface area (TPSA) is 78.9 Å². The molecule has 0 amide bonds. The van der Waals surface area contributed by atoms with Crippen molar-refractivity contribution in [2.45, 2.75) is 290 Å². The van der Waals surface area contributed by atoms with Gasteiger partial charge in [0, 0.05) is 19.3 Å². The molecular weight excluding hydrogens is 745 g/mol. The van der Waals surface area contributed by atoms with Crippen molar-refractivity contribution in [1.82, 2.24) is 0 Å². The molecule has 6 nitrogen and oxygen atoms in total. The Kier molecular flexibility index (Phi) is 47.8. The summed E-state index contributed by atoms with van der Waals surface area (Å²) in [5, 5.41) is 0. The van der Waals surface area contributed by atoms with E-state index >= 15 is 0 Å². The Hall–Kier alpha value is -2.11. The van der Waals surface area contributed by atoms with Crippen LogP contribution in [0.4, 0.5) is 0 Å². The van der Waals surface area contributed by atoms with E-state index in [0.29, 0.717) is 19.3 Å². The molecule has 0 spiro atoms. The number of unbranched alkanes of at least 4 members (excludes halogenated alkanes) is 33. The van der Waals surface area contributed by atoms with Crippen molar-refractivity contribution in [3.05, 3.63) is 24.3 Å². The van der Waals surface area contributed by atoms with Crippen molar-refractivity contribution in [2.75, 3.05) is 13.2 Å². The molecule has 6 heteroatoms. The van der Waals surface area contributed by atoms with E-state index in [1.165, 1.54) is 180 Å². The molecule has 0 fully saturated rings. The van der Waals surface area contributed by atoms with Gasteiger partial charge in [-0.25, -0.2) is 0 Å². The van der Waals surface area contributed by atoms with Gasteiger partial charge in [0.1, 0.15) is 13.2 Å². The summed E-state index contributed by atoms with van der Waals surface area (Å²) in [5.74, 6) is -0.873. The molecule has 0 aromatic heterocycles. The summed E-state index contributed by atoms with van der Waals surface area (Å²) in [5.41, 5.74) is 0. The van der Waals surface area contributed by atoms with Crippen molar-refractivity contribution in [1.29, 1.82) is 0 Å². The number of ether oxygens (including phenoxy) is 3. The van der Waals surface area contributed by atoms with Crippen molar-refractivity contribution in [3.63, 3.8) is 0 Å². The number of carbonyl (C=O) groups is 3. The lowest BCUT2D eigenvalue weighted by Crippen LogP contribution is -2.30. The quantitative estimate of drug-likeness (QED) is 0.0263. The van der Waals surface area contributed by atoms with Crippen molar-refractivity contribution >= 4 is 17.9 Å². The average Bonchev–Trinajstić information content (AvgIpc) is 3.24. The predicted molar refractivity (Wildman–Crippen MR) is 256 cm³/mol. The molecule has 0 aromatic rings. The number of carbonyl (C=O) groups excluding carboxylic acids is 3. The van der Waals surface area contributed by atoms with Crippen LogP contribution in [0.3, 0.4) is 0 Å². The first-order chi connectivity index (χ1) is 29.5. The summed E-state index contributed by atoms with van der Waals surface area (Å²) in [4.78, 5) is 37.9. The first-order valence-corrected chi connectivity index (χ1v) is 26.3. The van der Waals surface area contributed by atoms with Crippen molar-refractivity contribution in [2.24, 2.45) is 0 Å². The molecule has 0 N–H and O–H groups in total. The van der Waals surface area contributed by atoms with E-state index in [-0.39, 0.29) is 31.1 Å². The van der Waals surface area contributed by atoms with Gasteiger partial charge >= 0.3 is 17.9 Å². The van der Waals surface area contributed by atoms with Gasteiger partial charge in [0.05, 0.1) is 0 Å². The summed E-state index contributed by atoms with van der Waals surface area (Å²) in [6.45, 7) is 6.63. The van der Waals surface area contributed by atoms with Gasteiger partial charge in [-0.15, -0.1) is 0 Å². The Bertz CT molecular complexity index is 973. The zero-order chi connectivity index (χ0) is 43.7. The molecule has 0 unspecified atom stereocenters. The van der Waals surface area contributed by atoms with E-state index in [0.717, 1.165) is 64.2 Å². The van der Waals surface area contributed by atoms with E-state index in [1.54, 1.807) is 0 Å². The molecule has 60 heavy (non-hydrogen) atoms. The monoisotopic (exact) mass is 845 g/mol. The molecule has 0 aliphatic carbocycles. The van der Waals surface area contributed by atoms with Gasteiger partial charge in [-0.2, -0.15) is 0 Å². The zero-order valence-corrected chi connectivity index (χ0v) is 40.2. The Balaban J connectivity index is 4.33. The third kappa shape index (κ3) is 46.9. The molecule has 0 aliphatic heterocycles. The maximum atomic E-state index is 12.8. The van der Waals surface area contributed by atoms with Crippen LogP contribution in [0.1, 0.15) is 284 Å². The van der Waals surface area contributed by atoms with Gasteiger partial charge < -0.3 is 14.2 Å². The fourth-order valence-electron chi connectivity index (χ4n) is 7.67. The van der Waals surface area contributed by atoms with E-state index in [2.05, 4.69) is 45.1 Å². The summed E-state index contributed by atoms with van der Waals surface area (Å²) in [7, 11) is 0. The van der Waals surface area contributed by atoms with Crippen LogP contribution in [-0.4, -0.2) is 37.2 Å². The van der Waals surface area contributed by atoms with E-state index < -0.39 is 6.10 Å². The van der Waals surface area contributed by atoms with Gasteiger partial charge in [0.15, 0.2) is 6.10 Å². The Morgan fingerprint density at radius 3 is 0.850 bits per heavy atom. The van der Waals surface area contributed by atoms with Crippen LogP contribution < -0.4 is 0 Å². The Labute approximate surface area is 373 Å². The fourth-order valence-corrected chi connectivity index (χ4v) is 7.67. The lowest BCUT2D eigenvalue weighted by molar-refractivity contribution is -0.167. The molecule has 0 aliphatic rings. The van der Waals surface area contributed by atoms with Crippen LogP contribution in [0.2, 0.25) is 0 Å².